The highest BCUT2D eigenvalue weighted by molar-refractivity contribution is 5.80. The molecule has 2 nitrogen and oxygen atoms in total. The molecule has 2 aromatic rings. The molecular weight excluding hydrogens is 184 g/mol. The van der Waals surface area contributed by atoms with Crippen LogP contribution in [0.15, 0.2) is 36.5 Å². The number of benzene rings is 1. The van der Waals surface area contributed by atoms with E-state index in [0.29, 0.717) is 6.04 Å². The van der Waals surface area contributed by atoms with Crippen molar-refractivity contribution in [1.29, 1.82) is 0 Å². The molecule has 1 atom stereocenters. The largest absolute Gasteiger partial charge is 0.310 e. The van der Waals surface area contributed by atoms with Crippen LogP contribution in [0.4, 0.5) is 0 Å². The van der Waals surface area contributed by atoms with Crippen molar-refractivity contribution in [3.05, 3.63) is 36.5 Å². The van der Waals surface area contributed by atoms with Gasteiger partial charge in [-0.3, -0.25) is 4.68 Å². The van der Waals surface area contributed by atoms with Crippen LogP contribution < -0.4 is 5.01 Å². The minimum atomic E-state index is 0.667. The zero-order valence-corrected chi connectivity index (χ0v) is 9.06. The number of para-hydroxylation sites is 1. The van der Waals surface area contributed by atoms with Gasteiger partial charge in [-0.05, 0) is 31.9 Å². The fourth-order valence-corrected chi connectivity index (χ4v) is 2.53. The van der Waals surface area contributed by atoms with Gasteiger partial charge >= 0.3 is 0 Å². The smallest absolute Gasteiger partial charge is 0.0694 e. The summed E-state index contributed by atoms with van der Waals surface area (Å²) in [5.74, 6) is 0. The second-order valence-electron chi connectivity index (χ2n) is 4.37. The van der Waals surface area contributed by atoms with E-state index in [1.165, 1.54) is 30.3 Å². The Morgan fingerprint density at radius 3 is 2.87 bits per heavy atom. The molecule has 78 valence electrons. The molecular formula is C13H16N2. The minimum Gasteiger partial charge on any atom is -0.310 e. The second-order valence-corrected chi connectivity index (χ2v) is 4.37. The molecule has 0 spiro atoms. The summed E-state index contributed by atoms with van der Waals surface area (Å²) in [6, 6.07) is 11.4. The van der Waals surface area contributed by atoms with Gasteiger partial charge in [0.05, 0.1) is 5.52 Å². The minimum absolute atomic E-state index is 0.667. The van der Waals surface area contributed by atoms with Crippen LogP contribution in [0.25, 0.3) is 10.9 Å². The van der Waals surface area contributed by atoms with E-state index >= 15 is 0 Å². The Balaban J connectivity index is 2.10. The number of rotatable bonds is 1. The van der Waals surface area contributed by atoms with Crippen molar-refractivity contribution in [3.63, 3.8) is 0 Å². The van der Waals surface area contributed by atoms with Crippen LogP contribution in [0.3, 0.4) is 0 Å². The molecule has 15 heavy (non-hydrogen) atoms. The lowest BCUT2D eigenvalue weighted by molar-refractivity contribution is 0.587. The van der Waals surface area contributed by atoms with Crippen LogP contribution in [0, 0.1) is 0 Å². The van der Waals surface area contributed by atoms with Crippen LogP contribution in [0.1, 0.15) is 19.8 Å². The van der Waals surface area contributed by atoms with Crippen molar-refractivity contribution in [3.8, 4) is 0 Å². The predicted octanol–water partition coefficient (Wildman–Crippen LogP) is 2.76. The number of hydrogen-bond donors (Lipinski definition) is 0. The summed E-state index contributed by atoms with van der Waals surface area (Å²) < 4.78 is 2.31. The summed E-state index contributed by atoms with van der Waals surface area (Å²) in [7, 11) is 0. The molecule has 3 rings (SSSR count). The Bertz CT molecular complexity index is 472. The van der Waals surface area contributed by atoms with Gasteiger partial charge in [-0.1, -0.05) is 18.2 Å². The van der Waals surface area contributed by atoms with Crippen molar-refractivity contribution in [2.75, 3.05) is 11.6 Å². The SMILES string of the molecule is CC1CCCN1n1ccc2ccccc21. The van der Waals surface area contributed by atoms with Crippen molar-refractivity contribution in [1.82, 2.24) is 4.68 Å². The van der Waals surface area contributed by atoms with Gasteiger partial charge in [-0.2, -0.15) is 0 Å². The molecule has 0 saturated carbocycles. The molecule has 1 aliphatic rings. The summed E-state index contributed by atoms with van der Waals surface area (Å²) in [6.45, 7) is 3.49. The third kappa shape index (κ3) is 1.32. The van der Waals surface area contributed by atoms with Gasteiger partial charge < -0.3 is 5.01 Å². The Kier molecular flexibility index (Phi) is 1.94. The summed E-state index contributed by atoms with van der Waals surface area (Å²) >= 11 is 0. The summed E-state index contributed by atoms with van der Waals surface area (Å²) in [5, 5.41) is 3.79. The predicted molar refractivity (Wildman–Crippen MR) is 63.7 cm³/mol. The Morgan fingerprint density at radius 2 is 2.07 bits per heavy atom. The van der Waals surface area contributed by atoms with E-state index < -0.39 is 0 Å². The van der Waals surface area contributed by atoms with Gasteiger partial charge in [0.1, 0.15) is 0 Å². The van der Waals surface area contributed by atoms with Crippen molar-refractivity contribution < 1.29 is 0 Å². The third-order valence-electron chi connectivity index (χ3n) is 3.37. The van der Waals surface area contributed by atoms with Gasteiger partial charge in [-0.15, -0.1) is 0 Å². The zero-order chi connectivity index (χ0) is 10.3. The first-order chi connectivity index (χ1) is 7.36. The fraction of sp³-hybridized carbons (Fsp3) is 0.385. The molecule has 1 aromatic carbocycles. The standard InChI is InChI=1S/C13H16N2/c1-11-5-4-9-14(11)15-10-8-12-6-2-3-7-13(12)15/h2-3,6-8,10-11H,4-5,9H2,1H3. The van der Waals surface area contributed by atoms with Crippen LogP contribution in [0.5, 0.6) is 0 Å². The van der Waals surface area contributed by atoms with Crippen LogP contribution in [-0.2, 0) is 0 Å². The zero-order valence-electron chi connectivity index (χ0n) is 9.06. The van der Waals surface area contributed by atoms with Crippen molar-refractivity contribution >= 4 is 10.9 Å². The van der Waals surface area contributed by atoms with Gasteiger partial charge in [0.2, 0.25) is 0 Å². The lowest BCUT2D eigenvalue weighted by Crippen LogP contribution is -2.36. The van der Waals surface area contributed by atoms with Crippen LogP contribution in [-0.4, -0.2) is 17.3 Å². The molecule has 0 amide bonds. The summed E-state index contributed by atoms with van der Waals surface area (Å²) in [6.07, 6.45) is 4.81. The van der Waals surface area contributed by atoms with E-state index in [9.17, 15) is 0 Å². The molecule has 1 saturated heterocycles. The molecule has 1 fully saturated rings. The first kappa shape index (κ1) is 8.84. The lowest BCUT2D eigenvalue weighted by Gasteiger charge is -2.26. The third-order valence-corrected chi connectivity index (χ3v) is 3.37. The molecule has 2 heteroatoms. The highest BCUT2D eigenvalue weighted by atomic mass is 15.6. The maximum atomic E-state index is 2.46. The van der Waals surface area contributed by atoms with E-state index in [1.807, 2.05) is 0 Å². The quantitative estimate of drug-likeness (QED) is 0.687. The highest BCUT2D eigenvalue weighted by Crippen LogP contribution is 2.21. The molecule has 2 heterocycles. The average molecular weight is 200 g/mol. The maximum absolute atomic E-state index is 2.46. The number of fused-ring (bicyclic) bond motifs is 1. The molecule has 0 bridgehead atoms. The highest BCUT2D eigenvalue weighted by Gasteiger charge is 2.20. The summed E-state index contributed by atoms with van der Waals surface area (Å²) in [5.41, 5.74) is 1.33. The Labute approximate surface area is 90.1 Å². The lowest BCUT2D eigenvalue weighted by atomic mass is 10.2. The fourth-order valence-electron chi connectivity index (χ4n) is 2.53. The van der Waals surface area contributed by atoms with Crippen molar-refractivity contribution in [2.24, 2.45) is 0 Å². The summed E-state index contributed by atoms with van der Waals surface area (Å²) in [4.78, 5) is 0. The molecule has 1 aromatic heterocycles. The Hall–Kier alpha value is -1.44. The van der Waals surface area contributed by atoms with E-state index in [-0.39, 0.29) is 0 Å². The molecule has 0 aliphatic carbocycles. The second kappa shape index (κ2) is 3.30. The number of aromatic nitrogens is 1. The number of hydrogen-bond acceptors (Lipinski definition) is 1. The van der Waals surface area contributed by atoms with E-state index in [1.54, 1.807) is 0 Å². The van der Waals surface area contributed by atoms with E-state index in [2.05, 4.69) is 53.1 Å². The number of nitrogens with zero attached hydrogens (tertiary/aromatic N) is 2. The van der Waals surface area contributed by atoms with Crippen molar-refractivity contribution in [2.45, 2.75) is 25.8 Å². The molecule has 0 N–H and O–H groups in total. The molecule has 1 aliphatic heterocycles. The first-order valence-electron chi connectivity index (χ1n) is 5.69. The molecule has 0 radical (unpaired) electrons. The van der Waals surface area contributed by atoms with E-state index in [0.717, 1.165) is 0 Å². The monoisotopic (exact) mass is 200 g/mol. The molecule has 1 unspecified atom stereocenters. The first-order valence-corrected chi connectivity index (χ1v) is 5.69. The van der Waals surface area contributed by atoms with Crippen LogP contribution >= 0.6 is 0 Å². The van der Waals surface area contributed by atoms with E-state index in [4.69, 9.17) is 0 Å². The normalized spacial score (nSPS) is 21.4. The Morgan fingerprint density at radius 1 is 1.20 bits per heavy atom. The van der Waals surface area contributed by atoms with Gasteiger partial charge in [0, 0.05) is 24.2 Å². The van der Waals surface area contributed by atoms with Crippen LogP contribution in [0.2, 0.25) is 0 Å². The van der Waals surface area contributed by atoms with Gasteiger partial charge in [-0.25, -0.2) is 0 Å². The van der Waals surface area contributed by atoms with Gasteiger partial charge in [0.25, 0.3) is 0 Å². The maximum Gasteiger partial charge on any atom is 0.0694 e. The average Bonchev–Trinajstić information content (AvgIpc) is 2.83. The topological polar surface area (TPSA) is 8.17 Å². The van der Waals surface area contributed by atoms with Gasteiger partial charge in [0.15, 0.2) is 0 Å².